The van der Waals surface area contributed by atoms with E-state index >= 15 is 0 Å². The number of rotatable bonds is 2. The van der Waals surface area contributed by atoms with Crippen molar-refractivity contribution in [3.63, 3.8) is 0 Å². The quantitative estimate of drug-likeness (QED) is 0.316. The molecule has 2 aliphatic carbocycles. The lowest BCUT2D eigenvalue weighted by atomic mass is 9.60. The zero-order chi connectivity index (χ0) is 21.8. The smallest absolute Gasteiger partial charge is 0.233 e. The molecule has 0 radical (unpaired) electrons. The first-order chi connectivity index (χ1) is 14.8. The van der Waals surface area contributed by atoms with Gasteiger partial charge in [0.25, 0.3) is 0 Å². The van der Waals surface area contributed by atoms with Crippen molar-refractivity contribution in [2.24, 2.45) is 5.92 Å². The molecule has 0 spiro atoms. The van der Waals surface area contributed by atoms with Gasteiger partial charge in [0.2, 0.25) is 0 Å². The number of hydrogen-bond donors (Lipinski definition) is 0. The van der Waals surface area contributed by atoms with E-state index in [1.165, 1.54) is 29.3 Å². The van der Waals surface area contributed by atoms with Crippen molar-refractivity contribution in [3.05, 3.63) is 71.2 Å². The Labute approximate surface area is 178 Å². The maximum atomic E-state index is 13.4. The Balaban J connectivity index is 1.64. The summed E-state index contributed by atoms with van der Waals surface area (Å²) in [5, 5.41) is 5.48. The van der Waals surface area contributed by atoms with Gasteiger partial charge in [0, 0.05) is 16.4 Å². The molecule has 162 valence electrons. The molecule has 3 aromatic rings. The number of allylic oxidation sites excluding steroid dienone is 2. The van der Waals surface area contributed by atoms with Crippen LogP contribution in [0.4, 0.5) is 17.6 Å². The minimum Gasteiger partial charge on any atom is -0.233 e. The summed E-state index contributed by atoms with van der Waals surface area (Å²) in [5.41, 5.74) is 3.47. The van der Waals surface area contributed by atoms with Crippen LogP contribution in [-0.2, 0) is 11.8 Å². The van der Waals surface area contributed by atoms with E-state index in [-0.39, 0.29) is 29.1 Å². The molecule has 0 N–H and O–H groups in total. The molecule has 0 unspecified atom stereocenters. The van der Waals surface area contributed by atoms with E-state index in [1.54, 1.807) is 23.0 Å². The van der Waals surface area contributed by atoms with Crippen LogP contribution in [0.5, 0.6) is 0 Å². The zero-order valence-electron chi connectivity index (χ0n) is 17.3. The van der Waals surface area contributed by atoms with Crippen molar-refractivity contribution >= 4 is 10.9 Å². The van der Waals surface area contributed by atoms with Crippen molar-refractivity contribution < 1.29 is 17.6 Å². The Morgan fingerprint density at radius 2 is 1.94 bits per heavy atom. The van der Waals surface area contributed by atoms with Gasteiger partial charge in [-0.05, 0) is 92.0 Å². The van der Waals surface area contributed by atoms with Gasteiger partial charge in [0.05, 0.1) is 17.4 Å². The van der Waals surface area contributed by atoms with Gasteiger partial charge < -0.3 is 0 Å². The van der Waals surface area contributed by atoms with E-state index in [9.17, 15) is 17.6 Å². The van der Waals surface area contributed by atoms with E-state index < -0.39 is 6.18 Å². The summed E-state index contributed by atoms with van der Waals surface area (Å²) in [6, 6.07) is 10.5. The molecule has 31 heavy (non-hydrogen) atoms. The average Bonchev–Trinajstić information content (AvgIpc) is 3.08. The molecule has 2 aliphatic rings. The summed E-state index contributed by atoms with van der Waals surface area (Å²) in [4.78, 5) is 0. The second kappa shape index (κ2) is 7.21. The van der Waals surface area contributed by atoms with Crippen LogP contribution in [-0.4, -0.2) is 16.0 Å². The number of aromatic nitrogens is 2. The predicted octanol–water partition coefficient (Wildman–Crippen LogP) is 7.05. The van der Waals surface area contributed by atoms with Crippen molar-refractivity contribution in [2.45, 2.75) is 57.0 Å². The van der Waals surface area contributed by atoms with Crippen molar-refractivity contribution in [3.8, 4) is 5.69 Å². The van der Waals surface area contributed by atoms with Crippen molar-refractivity contribution in [2.75, 3.05) is 0 Å². The second-order valence-electron chi connectivity index (χ2n) is 8.84. The van der Waals surface area contributed by atoms with Crippen LogP contribution >= 0.6 is 0 Å². The topological polar surface area (TPSA) is 17.8 Å². The minimum atomic E-state index is -4.24. The summed E-state index contributed by atoms with van der Waals surface area (Å²) in [7, 11) is 0. The van der Waals surface area contributed by atoms with Crippen molar-refractivity contribution in [1.29, 1.82) is 0 Å². The van der Waals surface area contributed by atoms with Gasteiger partial charge in [-0.2, -0.15) is 18.3 Å². The molecule has 0 saturated carbocycles. The molecule has 5 rings (SSSR count). The van der Waals surface area contributed by atoms with Crippen LogP contribution in [0.3, 0.4) is 0 Å². The van der Waals surface area contributed by atoms with Crippen LogP contribution in [0, 0.1) is 11.7 Å². The van der Waals surface area contributed by atoms with E-state index in [4.69, 9.17) is 0 Å². The van der Waals surface area contributed by atoms with Gasteiger partial charge in [-0.15, -0.1) is 0 Å². The fourth-order valence-corrected chi connectivity index (χ4v) is 5.69. The van der Waals surface area contributed by atoms with Crippen LogP contribution in [0.25, 0.3) is 16.6 Å². The minimum absolute atomic E-state index is 0.00929. The van der Waals surface area contributed by atoms with E-state index in [0.717, 1.165) is 42.3 Å². The lowest BCUT2D eigenvalue weighted by Gasteiger charge is -2.44. The molecule has 0 fully saturated rings. The van der Waals surface area contributed by atoms with Gasteiger partial charge in [-0.3, -0.25) is 0 Å². The Kier molecular flexibility index (Phi) is 4.72. The normalized spacial score (nSPS) is 23.8. The summed E-state index contributed by atoms with van der Waals surface area (Å²) in [5.74, 6) is -0.307. The van der Waals surface area contributed by atoms with Gasteiger partial charge in [-0.1, -0.05) is 13.0 Å². The molecule has 2 nitrogen and oxygen atoms in total. The monoisotopic (exact) mass is 428 g/mol. The van der Waals surface area contributed by atoms with Crippen LogP contribution in [0.2, 0.25) is 0 Å². The lowest BCUT2D eigenvalue weighted by molar-refractivity contribution is -0.0983. The van der Waals surface area contributed by atoms with Crippen molar-refractivity contribution in [1.82, 2.24) is 9.78 Å². The third-order valence-electron chi connectivity index (χ3n) is 7.35. The maximum absolute atomic E-state index is 13.4. The fraction of sp³-hybridized carbons (Fsp3) is 0.400. The number of halogens is 4. The zero-order valence-corrected chi connectivity index (χ0v) is 17.3. The van der Waals surface area contributed by atoms with Crippen LogP contribution < -0.4 is 0 Å². The molecule has 1 heterocycles. The molecule has 6 heteroatoms. The summed E-state index contributed by atoms with van der Waals surface area (Å²) >= 11 is 0. The second-order valence-corrected chi connectivity index (χ2v) is 8.84. The standard InChI is InChI=1S/C25H24F4N2/c1-2-24-11-10-19(25(27,28)29)14-18(24)5-3-4-16-13-23-17(12-22(16)24)15-30-31(23)21-8-6-20(26)7-9-21/h6-10,12-13,15,18H,2-5,11,14H2,1H3/t18-,24-/m1/s1. The largest absolute Gasteiger partial charge is 0.412 e. The molecule has 0 aliphatic heterocycles. The molecule has 1 aromatic heterocycles. The van der Waals surface area contributed by atoms with Gasteiger partial charge >= 0.3 is 6.18 Å². The first-order valence-electron chi connectivity index (χ1n) is 10.8. The van der Waals surface area contributed by atoms with E-state index in [0.29, 0.717) is 6.42 Å². The number of fused-ring (bicyclic) bond motifs is 4. The van der Waals surface area contributed by atoms with E-state index in [2.05, 4.69) is 24.2 Å². The molecule has 2 aromatic carbocycles. The Bertz CT molecular complexity index is 1160. The number of benzene rings is 2. The average molecular weight is 428 g/mol. The molecular weight excluding hydrogens is 404 g/mol. The first-order valence-corrected chi connectivity index (χ1v) is 10.8. The Hall–Kier alpha value is -2.63. The highest BCUT2D eigenvalue weighted by atomic mass is 19.4. The van der Waals surface area contributed by atoms with Gasteiger partial charge in [0.15, 0.2) is 0 Å². The Morgan fingerprint density at radius 1 is 1.16 bits per heavy atom. The summed E-state index contributed by atoms with van der Waals surface area (Å²) in [6.07, 6.45) is 2.84. The highest BCUT2D eigenvalue weighted by Crippen LogP contribution is 2.53. The van der Waals surface area contributed by atoms with Gasteiger partial charge in [0.1, 0.15) is 5.82 Å². The first kappa shape index (κ1) is 20.3. The number of nitrogens with zero attached hydrogens (tertiary/aromatic N) is 2. The maximum Gasteiger partial charge on any atom is 0.412 e. The number of aryl methyl sites for hydroxylation is 1. The molecule has 2 atom stereocenters. The SMILES string of the molecule is CC[C@@]12CC=C(C(F)(F)F)C[C@H]1CCCc1cc3c(cnn3-c3ccc(F)cc3)cc12. The molecule has 0 saturated heterocycles. The Morgan fingerprint density at radius 3 is 2.65 bits per heavy atom. The van der Waals surface area contributed by atoms with Crippen LogP contribution in [0.15, 0.2) is 54.2 Å². The van der Waals surface area contributed by atoms with Gasteiger partial charge in [-0.25, -0.2) is 9.07 Å². The highest BCUT2D eigenvalue weighted by molar-refractivity contribution is 5.82. The number of hydrogen-bond acceptors (Lipinski definition) is 1. The van der Waals surface area contributed by atoms with Crippen LogP contribution in [0.1, 0.15) is 50.2 Å². The third-order valence-corrected chi connectivity index (χ3v) is 7.35. The third kappa shape index (κ3) is 3.27. The molecule has 0 amide bonds. The highest BCUT2D eigenvalue weighted by Gasteiger charge is 2.47. The summed E-state index contributed by atoms with van der Waals surface area (Å²) in [6.45, 7) is 2.10. The lowest BCUT2D eigenvalue weighted by Crippen LogP contribution is -2.38. The number of alkyl halides is 3. The predicted molar refractivity (Wildman–Crippen MR) is 113 cm³/mol. The van der Waals surface area contributed by atoms with E-state index in [1.807, 2.05) is 0 Å². The summed E-state index contributed by atoms with van der Waals surface area (Å²) < 4.78 is 55.4. The molecule has 0 bridgehead atoms. The molecular formula is C25H24F4N2. The fourth-order valence-electron chi connectivity index (χ4n) is 5.69.